The molecule has 1 aromatic rings. The molecule has 1 amide bonds. The fourth-order valence-electron chi connectivity index (χ4n) is 2.34. The molecule has 6 heteroatoms. The maximum atomic E-state index is 12.2. The van der Waals surface area contributed by atoms with Gasteiger partial charge in [0.25, 0.3) is 5.91 Å². The summed E-state index contributed by atoms with van der Waals surface area (Å²) < 4.78 is 5.58. The van der Waals surface area contributed by atoms with Gasteiger partial charge in [0.15, 0.2) is 11.0 Å². The van der Waals surface area contributed by atoms with E-state index < -0.39 is 12.1 Å². The fourth-order valence-corrected chi connectivity index (χ4v) is 3.12. The largest absolute Gasteiger partial charge is 0.479 e. The van der Waals surface area contributed by atoms with E-state index in [1.54, 1.807) is 17.9 Å². The third-order valence-corrected chi connectivity index (χ3v) is 4.35. The number of thiophene rings is 1. The van der Waals surface area contributed by atoms with Crippen molar-refractivity contribution in [2.24, 2.45) is 0 Å². The molecule has 1 N–H and O–H groups in total. The Kier molecular flexibility index (Phi) is 4.65. The summed E-state index contributed by atoms with van der Waals surface area (Å²) in [5, 5.41) is 9.11. The van der Waals surface area contributed by atoms with Crippen LogP contribution in [-0.2, 0) is 4.79 Å². The Morgan fingerprint density at radius 3 is 2.60 bits per heavy atom. The molecule has 0 aliphatic carbocycles. The van der Waals surface area contributed by atoms with Crippen LogP contribution in [0.1, 0.15) is 40.7 Å². The summed E-state index contributed by atoms with van der Waals surface area (Å²) in [5.74, 6) is -0.793. The Bertz CT molecular complexity index is 505. The van der Waals surface area contributed by atoms with E-state index in [-0.39, 0.29) is 16.5 Å². The van der Waals surface area contributed by atoms with Crippen LogP contribution in [-0.4, -0.2) is 41.1 Å². The second-order valence-corrected chi connectivity index (χ2v) is 6.26. The zero-order valence-electron chi connectivity index (χ0n) is 11.7. The Morgan fingerprint density at radius 2 is 2.00 bits per heavy atom. The number of nitrogens with zero attached hydrogens (tertiary/aromatic N) is 1. The number of aromatic carboxylic acids is 1. The number of hydrogen-bond acceptors (Lipinski definition) is 4. The van der Waals surface area contributed by atoms with Gasteiger partial charge >= 0.3 is 5.97 Å². The second kappa shape index (κ2) is 6.26. The number of likely N-dealkylation sites (tertiary alicyclic amines) is 1. The third-order valence-electron chi connectivity index (χ3n) is 3.33. The molecule has 1 unspecified atom stereocenters. The van der Waals surface area contributed by atoms with Crippen molar-refractivity contribution in [1.82, 2.24) is 4.90 Å². The molecule has 1 aliphatic rings. The van der Waals surface area contributed by atoms with E-state index in [0.29, 0.717) is 0 Å². The van der Waals surface area contributed by atoms with Crippen LogP contribution in [0.2, 0.25) is 0 Å². The first-order valence-electron chi connectivity index (χ1n) is 6.78. The molecule has 1 atom stereocenters. The van der Waals surface area contributed by atoms with Crippen molar-refractivity contribution in [2.45, 2.75) is 39.2 Å². The quantitative estimate of drug-likeness (QED) is 0.927. The van der Waals surface area contributed by atoms with E-state index >= 15 is 0 Å². The molecule has 1 saturated heterocycles. The van der Waals surface area contributed by atoms with Crippen molar-refractivity contribution < 1.29 is 19.4 Å². The Hall–Kier alpha value is -1.56. The summed E-state index contributed by atoms with van der Waals surface area (Å²) in [7, 11) is 0. The van der Waals surface area contributed by atoms with Crippen LogP contribution in [0.15, 0.2) is 6.07 Å². The number of ether oxygens (including phenoxy) is 1. The van der Waals surface area contributed by atoms with Gasteiger partial charge in [-0.3, -0.25) is 4.79 Å². The van der Waals surface area contributed by atoms with E-state index in [1.165, 1.54) is 0 Å². The number of carboxylic acids is 1. The van der Waals surface area contributed by atoms with Gasteiger partial charge in [-0.2, -0.15) is 0 Å². The average Bonchev–Trinajstić information content (AvgIpc) is 2.80. The number of carboxylic acid groups (broad SMARTS) is 1. The summed E-state index contributed by atoms with van der Waals surface area (Å²) >= 11 is 1.16. The molecule has 0 saturated carbocycles. The van der Waals surface area contributed by atoms with Crippen molar-refractivity contribution >= 4 is 23.2 Å². The van der Waals surface area contributed by atoms with Gasteiger partial charge in [-0.1, -0.05) is 0 Å². The number of piperidine rings is 1. The van der Waals surface area contributed by atoms with Gasteiger partial charge in [0, 0.05) is 18.0 Å². The van der Waals surface area contributed by atoms with Gasteiger partial charge < -0.3 is 14.7 Å². The summed E-state index contributed by atoms with van der Waals surface area (Å²) in [6, 6.07) is 1.67. The Labute approximate surface area is 122 Å². The molecule has 1 aliphatic heterocycles. The highest BCUT2D eigenvalue weighted by Gasteiger charge is 2.25. The van der Waals surface area contributed by atoms with Crippen molar-refractivity contribution in [3.05, 3.63) is 15.8 Å². The summed E-state index contributed by atoms with van der Waals surface area (Å²) in [6.45, 7) is 5.03. The topological polar surface area (TPSA) is 66.8 Å². The number of amides is 1. The van der Waals surface area contributed by atoms with E-state index in [2.05, 4.69) is 0 Å². The molecule has 0 bridgehead atoms. The third kappa shape index (κ3) is 3.30. The average molecular weight is 297 g/mol. The normalized spacial score (nSPS) is 16.8. The van der Waals surface area contributed by atoms with Gasteiger partial charge in [-0.25, -0.2) is 4.79 Å². The van der Waals surface area contributed by atoms with Crippen LogP contribution < -0.4 is 4.74 Å². The number of hydrogen-bond donors (Lipinski definition) is 1. The van der Waals surface area contributed by atoms with Crippen LogP contribution in [0.25, 0.3) is 0 Å². The molecule has 2 rings (SSSR count). The van der Waals surface area contributed by atoms with Crippen molar-refractivity contribution in [3.63, 3.8) is 0 Å². The predicted octanol–water partition coefficient (Wildman–Crippen LogP) is 2.53. The predicted molar refractivity (Wildman–Crippen MR) is 76.5 cm³/mol. The summed E-state index contributed by atoms with van der Waals surface area (Å²) in [6.07, 6.45) is 2.55. The molecule has 2 heterocycles. The number of carbonyl (C=O) groups excluding carboxylic acids is 1. The molecule has 1 fully saturated rings. The maximum absolute atomic E-state index is 12.2. The zero-order chi connectivity index (χ0) is 14.7. The van der Waals surface area contributed by atoms with Crippen LogP contribution in [0.3, 0.4) is 0 Å². The van der Waals surface area contributed by atoms with Crippen molar-refractivity contribution in [3.8, 4) is 5.75 Å². The lowest BCUT2D eigenvalue weighted by Gasteiger charge is -2.29. The molecule has 0 aromatic carbocycles. The first kappa shape index (κ1) is 14.8. The van der Waals surface area contributed by atoms with Crippen molar-refractivity contribution in [2.75, 3.05) is 13.1 Å². The SMILES string of the molecule is Cc1cc(OC(C)C(=O)N2CCCCC2)c(C(=O)O)s1. The number of carbonyl (C=O) groups is 2. The lowest BCUT2D eigenvalue weighted by atomic mass is 10.1. The highest BCUT2D eigenvalue weighted by atomic mass is 32.1. The van der Waals surface area contributed by atoms with E-state index in [4.69, 9.17) is 9.84 Å². The standard InChI is InChI=1S/C14H19NO4S/c1-9-8-11(12(20-9)14(17)18)19-10(2)13(16)15-6-4-3-5-7-15/h8,10H,3-7H2,1-2H3,(H,17,18). The number of rotatable bonds is 4. The molecular weight excluding hydrogens is 278 g/mol. The van der Waals surface area contributed by atoms with Gasteiger partial charge in [-0.05, 0) is 39.2 Å². The monoisotopic (exact) mass is 297 g/mol. The lowest BCUT2D eigenvalue weighted by Crippen LogP contribution is -2.43. The smallest absolute Gasteiger partial charge is 0.349 e. The molecule has 20 heavy (non-hydrogen) atoms. The minimum absolute atomic E-state index is 0.0649. The molecular formula is C14H19NO4S. The molecule has 1 aromatic heterocycles. The van der Waals surface area contributed by atoms with Crippen LogP contribution in [0.4, 0.5) is 0 Å². The Morgan fingerprint density at radius 1 is 1.35 bits per heavy atom. The van der Waals surface area contributed by atoms with E-state index in [0.717, 1.165) is 48.6 Å². The van der Waals surface area contributed by atoms with Crippen molar-refractivity contribution in [1.29, 1.82) is 0 Å². The summed E-state index contributed by atoms with van der Waals surface area (Å²) in [4.78, 5) is 26.2. The minimum Gasteiger partial charge on any atom is -0.479 e. The number of aryl methyl sites for hydroxylation is 1. The van der Waals surface area contributed by atoms with Crippen LogP contribution in [0.5, 0.6) is 5.75 Å². The highest BCUT2D eigenvalue weighted by molar-refractivity contribution is 7.14. The molecule has 110 valence electrons. The zero-order valence-corrected chi connectivity index (χ0v) is 12.5. The first-order valence-corrected chi connectivity index (χ1v) is 7.60. The molecule has 5 nitrogen and oxygen atoms in total. The highest BCUT2D eigenvalue weighted by Crippen LogP contribution is 2.30. The second-order valence-electron chi connectivity index (χ2n) is 5.00. The van der Waals surface area contributed by atoms with E-state index in [9.17, 15) is 9.59 Å². The minimum atomic E-state index is -1.02. The Balaban J connectivity index is 2.05. The van der Waals surface area contributed by atoms with Gasteiger partial charge in [0.2, 0.25) is 0 Å². The fraction of sp³-hybridized carbons (Fsp3) is 0.571. The van der Waals surface area contributed by atoms with Gasteiger partial charge in [0.05, 0.1) is 0 Å². The first-order chi connectivity index (χ1) is 9.49. The maximum Gasteiger partial charge on any atom is 0.349 e. The van der Waals surface area contributed by atoms with E-state index in [1.807, 2.05) is 6.92 Å². The molecule has 0 spiro atoms. The van der Waals surface area contributed by atoms with Crippen LogP contribution in [0, 0.1) is 6.92 Å². The lowest BCUT2D eigenvalue weighted by molar-refractivity contribution is -0.138. The summed E-state index contributed by atoms with van der Waals surface area (Å²) in [5.41, 5.74) is 0. The molecule has 0 radical (unpaired) electrons. The van der Waals surface area contributed by atoms with Gasteiger partial charge in [-0.15, -0.1) is 11.3 Å². The van der Waals surface area contributed by atoms with Crippen LogP contribution >= 0.6 is 11.3 Å². The van der Waals surface area contributed by atoms with Gasteiger partial charge in [0.1, 0.15) is 5.75 Å².